The summed E-state index contributed by atoms with van der Waals surface area (Å²) in [5.41, 5.74) is 6.68. The average Bonchev–Trinajstić information content (AvgIpc) is 2.28. The second-order valence-electron chi connectivity index (χ2n) is 4.08. The van der Waals surface area contributed by atoms with Crippen LogP contribution in [0.3, 0.4) is 0 Å². The summed E-state index contributed by atoms with van der Waals surface area (Å²) in [7, 11) is 1.88. The summed E-state index contributed by atoms with van der Waals surface area (Å²) < 4.78 is 1.06. The SMILES string of the molecule is CN(CCc1ccc(Br)cc1)CC(N)C(=O)O. The second kappa shape index (κ2) is 6.74. The average molecular weight is 301 g/mol. The van der Waals surface area contributed by atoms with Crippen molar-refractivity contribution in [3.8, 4) is 0 Å². The molecule has 0 bridgehead atoms. The maximum atomic E-state index is 10.6. The van der Waals surface area contributed by atoms with Gasteiger partial charge in [-0.1, -0.05) is 28.1 Å². The lowest BCUT2D eigenvalue weighted by molar-refractivity contribution is -0.138. The fraction of sp³-hybridized carbons (Fsp3) is 0.417. The van der Waals surface area contributed by atoms with Crippen LogP contribution < -0.4 is 5.73 Å². The van der Waals surface area contributed by atoms with Crippen molar-refractivity contribution in [3.63, 3.8) is 0 Å². The second-order valence-corrected chi connectivity index (χ2v) is 5.00. The molecule has 0 aliphatic rings. The molecule has 0 saturated heterocycles. The molecule has 0 amide bonds. The van der Waals surface area contributed by atoms with Gasteiger partial charge in [-0.25, -0.2) is 0 Å². The van der Waals surface area contributed by atoms with E-state index in [4.69, 9.17) is 10.8 Å². The number of aliphatic carboxylic acids is 1. The molecule has 0 aromatic heterocycles. The van der Waals surface area contributed by atoms with E-state index in [1.54, 1.807) is 0 Å². The van der Waals surface area contributed by atoms with Gasteiger partial charge in [-0.2, -0.15) is 0 Å². The Balaban J connectivity index is 2.35. The van der Waals surface area contributed by atoms with E-state index in [0.29, 0.717) is 6.54 Å². The summed E-state index contributed by atoms with van der Waals surface area (Å²) >= 11 is 3.38. The number of carboxylic acid groups (broad SMARTS) is 1. The Kier molecular flexibility index (Phi) is 5.61. The highest BCUT2D eigenvalue weighted by atomic mass is 79.9. The number of nitrogens with two attached hydrogens (primary N) is 1. The van der Waals surface area contributed by atoms with Crippen LogP contribution in [0.4, 0.5) is 0 Å². The van der Waals surface area contributed by atoms with Gasteiger partial charge in [0, 0.05) is 17.6 Å². The lowest BCUT2D eigenvalue weighted by Crippen LogP contribution is -2.41. The zero-order chi connectivity index (χ0) is 12.8. The molecular weight excluding hydrogens is 284 g/mol. The minimum Gasteiger partial charge on any atom is -0.480 e. The van der Waals surface area contributed by atoms with Gasteiger partial charge in [-0.3, -0.25) is 4.79 Å². The molecule has 0 fully saturated rings. The van der Waals surface area contributed by atoms with Crippen molar-refractivity contribution in [2.45, 2.75) is 12.5 Å². The van der Waals surface area contributed by atoms with E-state index in [9.17, 15) is 4.79 Å². The molecule has 1 aromatic carbocycles. The van der Waals surface area contributed by atoms with Crippen molar-refractivity contribution in [2.75, 3.05) is 20.1 Å². The largest absolute Gasteiger partial charge is 0.480 e. The Morgan fingerprint density at radius 3 is 2.59 bits per heavy atom. The van der Waals surface area contributed by atoms with E-state index in [0.717, 1.165) is 17.4 Å². The maximum Gasteiger partial charge on any atom is 0.321 e. The van der Waals surface area contributed by atoms with Gasteiger partial charge >= 0.3 is 5.97 Å². The Morgan fingerprint density at radius 1 is 1.47 bits per heavy atom. The van der Waals surface area contributed by atoms with Crippen LogP contribution in [0, 0.1) is 0 Å². The first-order chi connectivity index (χ1) is 7.99. The van der Waals surface area contributed by atoms with E-state index in [1.165, 1.54) is 5.56 Å². The van der Waals surface area contributed by atoms with Crippen LogP contribution in [0.5, 0.6) is 0 Å². The van der Waals surface area contributed by atoms with Crippen LogP contribution in [-0.2, 0) is 11.2 Å². The molecule has 0 heterocycles. The molecule has 3 N–H and O–H groups in total. The van der Waals surface area contributed by atoms with Crippen molar-refractivity contribution in [1.29, 1.82) is 0 Å². The molecule has 1 aromatic rings. The summed E-state index contributed by atoms with van der Waals surface area (Å²) in [5, 5.41) is 8.69. The van der Waals surface area contributed by atoms with Crippen LogP contribution in [-0.4, -0.2) is 42.2 Å². The first kappa shape index (κ1) is 14.2. The van der Waals surface area contributed by atoms with Crippen molar-refractivity contribution < 1.29 is 9.90 Å². The van der Waals surface area contributed by atoms with Crippen molar-refractivity contribution in [1.82, 2.24) is 4.90 Å². The van der Waals surface area contributed by atoms with E-state index in [2.05, 4.69) is 28.1 Å². The van der Waals surface area contributed by atoms with Crippen LogP contribution >= 0.6 is 15.9 Å². The Bertz CT molecular complexity index is 367. The molecule has 94 valence electrons. The third-order valence-corrected chi connectivity index (χ3v) is 3.05. The van der Waals surface area contributed by atoms with Gasteiger partial charge in [0.15, 0.2) is 0 Å². The highest BCUT2D eigenvalue weighted by Crippen LogP contribution is 2.11. The predicted molar refractivity (Wildman–Crippen MR) is 71.0 cm³/mol. The van der Waals surface area contributed by atoms with Crippen molar-refractivity contribution in [3.05, 3.63) is 34.3 Å². The first-order valence-corrected chi connectivity index (χ1v) is 6.19. The molecule has 0 saturated carbocycles. The van der Waals surface area contributed by atoms with E-state index >= 15 is 0 Å². The summed E-state index contributed by atoms with van der Waals surface area (Å²) in [4.78, 5) is 12.5. The van der Waals surface area contributed by atoms with Crippen LogP contribution in [0.25, 0.3) is 0 Å². The Hall–Kier alpha value is -0.910. The summed E-state index contributed by atoms with van der Waals surface area (Å²) in [6.45, 7) is 1.16. The zero-order valence-electron chi connectivity index (χ0n) is 9.77. The number of carbonyl (C=O) groups is 1. The topological polar surface area (TPSA) is 66.6 Å². The number of likely N-dealkylation sites (N-methyl/N-ethyl adjacent to an activating group) is 1. The first-order valence-electron chi connectivity index (χ1n) is 5.40. The molecule has 1 rings (SSSR count). The monoisotopic (exact) mass is 300 g/mol. The molecule has 0 radical (unpaired) electrons. The van der Waals surface area contributed by atoms with Gasteiger partial charge in [-0.05, 0) is 31.2 Å². The number of carboxylic acids is 1. The van der Waals surface area contributed by atoms with Crippen LogP contribution in [0.15, 0.2) is 28.7 Å². The third kappa shape index (κ3) is 5.30. The standard InChI is InChI=1S/C12H17BrN2O2/c1-15(8-11(14)12(16)17)7-6-9-2-4-10(13)5-3-9/h2-5,11H,6-8,14H2,1H3,(H,16,17). The normalized spacial score (nSPS) is 12.7. The zero-order valence-corrected chi connectivity index (χ0v) is 11.4. The molecule has 1 atom stereocenters. The van der Waals surface area contributed by atoms with Gasteiger partial charge in [0.25, 0.3) is 0 Å². The third-order valence-electron chi connectivity index (χ3n) is 2.52. The molecule has 4 nitrogen and oxygen atoms in total. The smallest absolute Gasteiger partial charge is 0.321 e. The van der Waals surface area contributed by atoms with Crippen molar-refractivity contribution in [2.24, 2.45) is 5.73 Å². The molecule has 5 heteroatoms. The Labute approximate surface area is 110 Å². The minimum absolute atomic E-state index is 0.367. The number of halogens is 1. The van der Waals surface area contributed by atoms with E-state index in [-0.39, 0.29) is 0 Å². The minimum atomic E-state index is -0.958. The van der Waals surface area contributed by atoms with Gasteiger partial charge in [-0.15, -0.1) is 0 Å². The summed E-state index contributed by atoms with van der Waals surface area (Å²) in [6.07, 6.45) is 0.885. The number of hydrogen-bond donors (Lipinski definition) is 2. The van der Waals surface area contributed by atoms with Crippen LogP contribution in [0.1, 0.15) is 5.56 Å². The number of nitrogens with zero attached hydrogens (tertiary/aromatic N) is 1. The molecular formula is C12H17BrN2O2. The van der Waals surface area contributed by atoms with Crippen molar-refractivity contribution >= 4 is 21.9 Å². The molecule has 0 aliphatic carbocycles. The number of rotatable bonds is 6. The van der Waals surface area contributed by atoms with E-state index < -0.39 is 12.0 Å². The van der Waals surface area contributed by atoms with Gasteiger partial charge in [0.1, 0.15) is 6.04 Å². The number of benzene rings is 1. The fourth-order valence-corrected chi connectivity index (χ4v) is 1.74. The van der Waals surface area contributed by atoms with Gasteiger partial charge in [0.05, 0.1) is 0 Å². The lowest BCUT2D eigenvalue weighted by atomic mass is 10.1. The number of hydrogen-bond acceptors (Lipinski definition) is 3. The highest BCUT2D eigenvalue weighted by Gasteiger charge is 2.13. The predicted octanol–water partition coefficient (Wildman–Crippen LogP) is 1.34. The fourth-order valence-electron chi connectivity index (χ4n) is 1.48. The van der Waals surface area contributed by atoms with Gasteiger partial charge in [0.2, 0.25) is 0 Å². The summed E-state index contributed by atoms with van der Waals surface area (Å²) in [5.74, 6) is -0.958. The summed E-state index contributed by atoms with van der Waals surface area (Å²) in [6, 6.07) is 7.28. The van der Waals surface area contributed by atoms with Gasteiger partial charge < -0.3 is 15.7 Å². The van der Waals surface area contributed by atoms with Crippen LogP contribution in [0.2, 0.25) is 0 Å². The van der Waals surface area contributed by atoms with E-state index in [1.807, 2.05) is 24.1 Å². The highest BCUT2D eigenvalue weighted by molar-refractivity contribution is 9.10. The molecule has 0 spiro atoms. The molecule has 1 unspecified atom stereocenters. The Morgan fingerprint density at radius 2 is 2.06 bits per heavy atom. The lowest BCUT2D eigenvalue weighted by Gasteiger charge is -2.18. The maximum absolute atomic E-state index is 10.6. The quantitative estimate of drug-likeness (QED) is 0.832. The molecule has 17 heavy (non-hydrogen) atoms. The molecule has 0 aliphatic heterocycles.